The van der Waals surface area contributed by atoms with Crippen LogP contribution in [0.5, 0.6) is 0 Å². The summed E-state index contributed by atoms with van der Waals surface area (Å²) in [6.07, 6.45) is 0. The van der Waals surface area contributed by atoms with Crippen LogP contribution in [0.3, 0.4) is 0 Å². The summed E-state index contributed by atoms with van der Waals surface area (Å²) in [5, 5.41) is 3.08. The molecule has 0 saturated heterocycles. The van der Waals surface area contributed by atoms with Gasteiger partial charge in [-0.1, -0.05) is 28.1 Å². The van der Waals surface area contributed by atoms with Gasteiger partial charge in [0.05, 0.1) is 6.04 Å². The normalized spacial score (nSPS) is 13.8. The number of hydrogen-bond acceptors (Lipinski definition) is 1. The van der Waals surface area contributed by atoms with Gasteiger partial charge in [0.2, 0.25) is 0 Å². The lowest BCUT2D eigenvalue weighted by Gasteiger charge is -2.14. The van der Waals surface area contributed by atoms with Crippen LogP contribution in [0.15, 0.2) is 33.7 Å². The molecule has 1 rings (SSSR count). The third kappa shape index (κ3) is 3.03. The molecule has 0 aliphatic rings. The average molecular weight is 256 g/mol. The first-order chi connectivity index (χ1) is 6.63. The molecule has 0 spiro atoms. The van der Waals surface area contributed by atoms with E-state index in [2.05, 4.69) is 32.3 Å². The van der Waals surface area contributed by atoms with E-state index in [9.17, 15) is 0 Å². The van der Waals surface area contributed by atoms with Gasteiger partial charge in [0.15, 0.2) is 5.96 Å². The second-order valence-electron chi connectivity index (χ2n) is 3.03. The van der Waals surface area contributed by atoms with E-state index in [-0.39, 0.29) is 6.04 Å². The van der Waals surface area contributed by atoms with Crippen molar-refractivity contribution in [2.24, 2.45) is 10.7 Å². The molecule has 0 amide bonds. The fourth-order valence-corrected chi connectivity index (χ4v) is 1.56. The average Bonchev–Trinajstić information content (AvgIpc) is 2.17. The Hall–Kier alpha value is -1.03. The molecule has 1 atom stereocenters. The second kappa shape index (κ2) is 5.00. The number of nitrogens with two attached hydrogens (primary N) is 1. The molecule has 0 bridgehead atoms. The highest BCUT2D eigenvalue weighted by Crippen LogP contribution is 2.17. The van der Waals surface area contributed by atoms with Crippen molar-refractivity contribution in [2.75, 3.05) is 7.05 Å². The van der Waals surface area contributed by atoms with Crippen LogP contribution in [-0.4, -0.2) is 13.0 Å². The summed E-state index contributed by atoms with van der Waals surface area (Å²) in [6, 6.07) is 8.26. The molecule has 0 aliphatic heterocycles. The van der Waals surface area contributed by atoms with Crippen molar-refractivity contribution in [3.8, 4) is 0 Å². The van der Waals surface area contributed by atoms with Crippen LogP contribution < -0.4 is 11.1 Å². The second-order valence-corrected chi connectivity index (χ2v) is 3.95. The van der Waals surface area contributed by atoms with Crippen LogP contribution in [0.1, 0.15) is 18.5 Å². The number of guanidine groups is 1. The van der Waals surface area contributed by atoms with Gasteiger partial charge >= 0.3 is 0 Å². The summed E-state index contributed by atoms with van der Waals surface area (Å²) in [4.78, 5) is 3.85. The fourth-order valence-electron chi connectivity index (χ4n) is 1.15. The van der Waals surface area contributed by atoms with E-state index in [1.54, 1.807) is 7.05 Å². The number of aliphatic imine (C=N–C) groups is 1. The maximum atomic E-state index is 5.58. The molecule has 1 aromatic carbocycles. The van der Waals surface area contributed by atoms with Crippen molar-refractivity contribution in [2.45, 2.75) is 13.0 Å². The summed E-state index contributed by atoms with van der Waals surface area (Å²) in [6.45, 7) is 2.04. The van der Waals surface area contributed by atoms with Gasteiger partial charge in [-0.25, -0.2) is 0 Å². The molecule has 1 aromatic rings. The highest BCUT2D eigenvalue weighted by Gasteiger charge is 2.05. The molecule has 0 aliphatic carbocycles. The first kappa shape index (κ1) is 11.0. The van der Waals surface area contributed by atoms with Crippen molar-refractivity contribution in [1.82, 2.24) is 5.32 Å². The number of nitrogens with one attached hydrogen (secondary N) is 1. The Labute approximate surface area is 92.5 Å². The minimum Gasteiger partial charge on any atom is -0.370 e. The van der Waals surface area contributed by atoms with E-state index in [1.165, 1.54) is 5.56 Å². The Kier molecular flexibility index (Phi) is 3.95. The zero-order valence-corrected chi connectivity index (χ0v) is 9.88. The van der Waals surface area contributed by atoms with E-state index in [4.69, 9.17) is 5.73 Å². The number of hydrogen-bond donors (Lipinski definition) is 2. The molecule has 0 radical (unpaired) electrons. The van der Waals surface area contributed by atoms with Gasteiger partial charge in [0, 0.05) is 11.5 Å². The van der Waals surface area contributed by atoms with Crippen molar-refractivity contribution >= 4 is 21.9 Å². The maximum Gasteiger partial charge on any atom is 0.188 e. The van der Waals surface area contributed by atoms with E-state index in [0.29, 0.717) is 5.96 Å². The summed E-state index contributed by atoms with van der Waals surface area (Å²) < 4.78 is 1.07. The van der Waals surface area contributed by atoms with E-state index in [0.717, 1.165) is 4.47 Å². The van der Waals surface area contributed by atoms with Gasteiger partial charge in [-0.2, -0.15) is 0 Å². The summed E-state index contributed by atoms with van der Waals surface area (Å²) in [5.41, 5.74) is 6.75. The van der Waals surface area contributed by atoms with Gasteiger partial charge in [-0.15, -0.1) is 0 Å². The molecule has 4 heteroatoms. The fraction of sp³-hybridized carbons (Fsp3) is 0.300. The predicted octanol–water partition coefficient (Wildman–Crippen LogP) is 2.04. The summed E-state index contributed by atoms with van der Waals surface area (Å²) in [5.74, 6) is 0.456. The highest BCUT2D eigenvalue weighted by atomic mass is 79.9. The monoisotopic (exact) mass is 255 g/mol. The van der Waals surface area contributed by atoms with E-state index >= 15 is 0 Å². The van der Waals surface area contributed by atoms with Gasteiger partial charge in [0.25, 0.3) is 0 Å². The zero-order chi connectivity index (χ0) is 10.6. The van der Waals surface area contributed by atoms with Crippen molar-refractivity contribution in [3.63, 3.8) is 0 Å². The first-order valence-corrected chi connectivity index (χ1v) is 5.17. The predicted molar refractivity (Wildman–Crippen MR) is 63.2 cm³/mol. The quantitative estimate of drug-likeness (QED) is 0.628. The maximum absolute atomic E-state index is 5.58. The Balaban J connectivity index is 2.74. The number of benzene rings is 1. The Morgan fingerprint density at radius 2 is 2.29 bits per heavy atom. The molecular formula is C10H14BrN3. The minimum absolute atomic E-state index is 0.163. The van der Waals surface area contributed by atoms with Crippen LogP contribution >= 0.6 is 15.9 Å². The van der Waals surface area contributed by atoms with Gasteiger partial charge in [0.1, 0.15) is 0 Å². The molecule has 0 unspecified atom stereocenters. The van der Waals surface area contributed by atoms with Crippen LogP contribution in [0.25, 0.3) is 0 Å². The molecule has 0 saturated carbocycles. The largest absolute Gasteiger partial charge is 0.370 e. The molecular weight excluding hydrogens is 242 g/mol. The minimum atomic E-state index is 0.163. The van der Waals surface area contributed by atoms with Crippen LogP contribution in [0.4, 0.5) is 0 Å². The standard InChI is InChI=1S/C10H14BrN3/c1-7(14-10(12)13-2)8-4-3-5-9(11)6-8/h3-7H,1-2H3,(H3,12,13,14)/t7-/m0/s1. The van der Waals surface area contributed by atoms with E-state index in [1.807, 2.05) is 25.1 Å². The Morgan fingerprint density at radius 3 is 2.86 bits per heavy atom. The van der Waals surface area contributed by atoms with Crippen molar-refractivity contribution in [3.05, 3.63) is 34.3 Å². The van der Waals surface area contributed by atoms with Gasteiger partial charge in [-0.3, -0.25) is 4.99 Å². The molecule has 0 fully saturated rings. The smallest absolute Gasteiger partial charge is 0.188 e. The third-order valence-corrected chi connectivity index (χ3v) is 2.45. The highest BCUT2D eigenvalue weighted by molar-refractivity contribution is 9.10. The van der Waals surface area contributed by atoms with Crippen LogP contribution in [-0.2, 0) is 0 Å². The third-order valence-electron chi connectivity index (χ3n) is 1.95. The molecule has 3 nitrogen and oxygen atoms in total. The molecule has 76 valence electrons. The van der Waals surface area contributed by atoms with Gasteiger partial charge in [-0.05, 0) is 24.6 Å². The number of halogens is 1. The first-order valence-electron chi connectivity index (χ1n) is 4.37. The topological polar surface area (TPSA) is 50.4 Å². The van der Waals surface area contributed by atoms with Gasteiger partial charge < -0.3 is 11.1 Å². The Morgan fingerprint density at radius 1 is 1.57 bits per heavy atom. The van der Waals surface area contributed by atoms with Crippen molar-refractivity contribution < 1.29 is 0 Å². The number of rotatable bonds is 2. The lowest BCUT2D eigenvalue weighted by atomic mass is 10.1. The molecule has 3 N–H and O–H groups in total. The summed E-state index contributed by atoms with van der Waals surface area (Å²) in [7, 11) is 1.66. The van der Waals surface area contributed by atoms with E-state index < -0.39 is 0 Å². The van der Waals surface area contributed by atoms with Crippen LogP contribution in [0, 0.1) is 0 Å². The molecule has 0 heterocycles. The van der Waals surface area contributed by atoms with Crippen LogP contribution in [0.2, 0.25) is 0 Å². The Bertz CT molecular complexity index is 336. The van der Waals surface area contributed by atoms with Crippen molar-refractivity contribution in [1.29, 1.82) is 0 Å². The SMILES string of the molecule is CN=C(N)N[C@@H](C)c1cccc(Br)c1. The zero-order valence-electron chi connectivity index (χ0n) is 8.29. The molecule has 0 aromatic heterocycles. The molecule has 14 heavy (non-hydrogen) atoms. The lowest BCUT2D eigenvalue weighted by molar-refractivity contribution is 0.710. The summed E-state index contributed by atoms with van der Waals surface area (Å²) >= 11 is 3.42. The lowest BCUT2D eigenvalue weighted by Crippen LogP contribution is -2.33. The number of nitrogens with zero attached hydrogens (tertiary/aromatic N) is 1.